The minimum absolute atomic E-state index is 0.222. The van der Waals surface area contributed by atoms with Gasteiger partial charge in [-0.1, -0.05) is 19.9 Å². The SMILES string of the molecule is CN(c1cccc(F)c1C(=O)O)C1CCC(C)(C)CC1. The summed E-state index contributed by atoms with van der Waals surface area (Å²) in [6.45, 7) is 4.52. The second-order valence-corrected chi connectivity index (χ2v) is 6.45. The molecule has 3 nitrogen and oxygen atoms in total. The van der Waals surface area contributed by atoms with Crippen LogP contribution in [0.4, 0.5) is 10.1 Å². The van der Waals surface area contributed by atoms with Gasteiger partial charge in [0.1, 0.15) is 11.4 Å². The zero-order chi connectivity index (χ0) is 14.9. The van der Waals surface area contributed by atoms with Crippen LogP contribution in [0.3, 0.4) is 0 Å². The Kier molecular flexibility index (Phi) is 4.02. The first-order chi connectivity index (χ1) is 9.32. The summed E-state index contributed by atoms with van der Waals surface area (Å²) >= 11 is 0. The molecule has 1 aliphatic carbocycles. The molecule has 0 heterocycles. The maximum atomic E-state index is 13.7. The number of nitrogens with zero attached hydrogens (tertiary/aromatic N) is 1. The molecule has 0 bridgehead atoms. The number of carboxylic acid groups (broad SMARTS) is 1. The second kappa shape index (κ2) is 5.43. The van der Waals surface area contributed by atoms with Gasteiger partial charge in [0.15, 0.2) is 0 Å². The van der Waals surface area contributed by atoms with Gasteiger partial charge < -0.3 is 10.0 Å². The molecule has 0 unspecified atom stereocenters. The first-order valence-corrected chi connectivity index (χ1v) is 7.06. The number of anilines is 1. The van der Waals surface area contributed by atoms with E-state index in [1.54, 1.807) is 12.1 Å². The maximum Gasteiger partial charge on any atom is 0.340 e. The zero-order valence-corrected chi connectivity index (χ0v) is 12.3. The van der Waals surface area contributed by atoms with Crippen molar-refractivity contribution in [3.63, 3.8) is 0 Å². The standard InChI is InChI=1S/C16H22FNO2/c1-16(2)9-7-11(8-10-16)18(3)13-6-4-5-12(17)14(13)15(19)20/h4-6,11H,7-10H2,1-3H3,(H,19,20). The molecule has 1 fully saturated rings. The summed E-state index contributed by atoms with van der Waals surface area (Å²) in [7, 11) is 1.87. The quantitative estimate of drug-likeness (QED) is 0.911. The number of hydrogen-bond donors (Lipinski definition) is 1. The van der Waals surface area contributed by atoms with Crippen LogP contribution in [0.25, 0.3) is 0 Å². The molecule has 2 rings (SSSR count). The summed E-state index contributed by atoms with van der Waals surface area (Å²) < 4.78 is 13.7. The molecule has 1 N–H and O–H groups in total. The zero-order valence-electron chi connectivity index (χ0n) is 12.3. The predicted molar refractivity (Wildman–Crippen MR) is 77.8 cm³/mol. The van der Waals surface area contributed by atoms with Crippen LogP contribution in [0.2, 0.25) is 0 Å². The molecule has 0 spiro atoms. The Morgan fingerprint density at radius 3 is 2.50 bits per heavy atom. The average Bonchev–Trinajstić information content (AvgIpc) is 2.37. The fourth-order valence-corrected chi connectivity index (χ4v) is 2.99. The molecule has 0 amide bonds. The molecule has 0 aromatic heterocycles. The van der Waals surface area contributed by atoms with Crippen molar-refractivity contribution < 1.29 is 14.3 Å². The first-order valence-electron chi connectivity index (χ1n) is 7.06. The monoisotopic (exact) mass is 279 g/mol. The van der Waals surface area contributed by atoms with Crippen molar-refractivity contribution in [2.24, 2.45) is 5.41 Å². The van der Waals surface area contributed by atoms with Gasteiger partial charge in [0.2, 0.25) is 0 Å². The fraction of sp³-hybridized carbons (Fsp3) is 0.562. The van der Waals surface area contributed by atoms with E-state index in [1.165, 1.54) is 6.07 Å². The van der Waals surface area contributed by atoms with Crippen LogP contribution in [0.5, 0.6) is 0 Å². The van der Waals surface area contributed by atoms with Gasteiger partial charge >= 0.3 is 5.97 Å². The predicted octanol–water partition coefficient (Wildman–Crippen LogP) is 3.93. The van der Waals surface area contributed by atoms with E-state index in [0.717, 1.165) is 25.7 Å². The number of rotatable bonds is 3. The summed E-state index contributed by atoms with van der Waals surface area (Å²) in [5, 5.41) is 9.21. The number of halogens is 1. The lowest BCUT2D eigenvalue weighted by atomic mass is 9.75. The Bertz CT molecular complexity index is 503. The van der Waals surface area contributed by atoms with E-state index >= 15 is 0 Å². The van der Waals surface area contributed by atoms with Crippen molar-refractivity contribution in [3.05, 3.63) is 29.6 Å². The molecule has 0 saturated heterocycles. The highest BCUT2D eigenvalue weighted by Gasteiger charge is 2.30. The van der Waals surface area contributed by atoms with Crippen LogP contribution < -0.4 is 4.90 Å². The first kappa shape index (κ1) is 14.8. The minimum Gasteiger partial charge on any atom is -0.478 e. The highest BCUT2D eigenvalue weighted by atomic mass is 19.1. The van der Waals surface area contributed by atoms with Crippen LogP contribution in [0.1, 0.15) is 49.9 Å². The lowest BCUT2D eigenvalue weighted by molar-refractivity contribution is 0.0692. The minimum atomic E-state index is -1.21. The van der Waals surface area contributed by atoms with Crippen LogP contribution in [-0.4, -0.2) is 24.2 Å². The van der Waals surface area contributed by atoms with E-state index in [2.05, 4.69) is 13.8 Å². The molecule has 20 heavy (non-hydrogen) atoms. The number of aromatic carboxylic acids is 1. The Hall–Kier alpha value is -1.58. The van der Waals surface area contributed by atoms with Gasteiger partial charge in [-0.3, -0.25) is 0 Å². The second-order valence-electron chi connectivity index (χ2n) is 6.45. The third-order valence-electron chi connectivity index (χ3n) is 4.44. The highest BCUT2D eigenvalue weighted by Crippen LogP contribution is 2.38. The molecular weight excluding hydrogens is 257 g/mol. The van der Waals surface area contributed by atoms with E-state index in [0.29, 0.717) is 11.1 Å². The smallest absolute Gasteiger partial charge is 0.340 e. The van der Waals surface area contributed by atoms with E-state index < -0.39 is 11.8 Å². The normalized spacial score (nSPS) is 18.8. The highest BCUT2D eigenvalue weighted by molar-refractivity contribution is 5.94. The number of benzene rings is 1. The third-order valence-corrected chi connectivity index (χ3v) is 4.44. The molecule has 110 valence electrons. The van der Waals surface area contributed by atoms with E-state index in [4.69, 9.17) is 0 Å². The van der Waals surface area contributed by atoms with Crippen LogP contribution in [0, 0.1) is 11.2 Å². The van der Waals surface area contributed by atoms with Crippen molar-refractivity contribution >= 4 is 11.7 Å². The van der Waals surface area contributed by atoms with E-state index in [1.807, 2.05) is 11.9 Å². The molecule has 1 aromatic carbocycles. The maximum absolute atomic E-state index is 13.7. The summed E-state index contributed by atoms with van der Waals surface area (Å²) in [4.78, 5) is 13.2. The summed E-state index contributed by atoms with van der Waals surface area (Å²) in [5.41, 5.74) is 0.608. The van der Waals surface area contributed by atoms with Gasteiger partial charge in [-0.25, -0.2) is 9.18 Å². The summed E-state index contributed by atoms with van der Waals surface area (Å²) in [5.74, 6) is -1.88. The van der Waals surface area contributed by atoms with E-state index in [-0.39, 0.29) is 11.6 Å². The Balaban J connectivity index is 2.24. The molecule has 1 aliphatic rings. The fourth-order valence-electron chi connectivity index (χ4n) is 2.99. The topological polar surface area (TPSA) is 40.5 Å². The Morgan fingerprint density at radius 1 is 1.35 bits per heavy atom. The molecule has 1 aromatic rings. The van der Waals surface area contributed by atoms with Crippen LogP contribution in [0.15, 0.2) is 18.2 Å². The van der Waals surface area contributed by atoms with Gasteiger partial charge in [0, 0.05) is 13.1 Å². The molecule has 1 saturated carbocycles. The van der Waals surface area contributed by atoms with Crippen LogP contribution >= 0.6 is 0 Å². The van der Waals surface area contributed by atoms with E-state index in [9.17, 15) is 14.3 Å². The lowest BCUT2D eigenvalue weighted by Gasteiger charge is -2.40. The Morgan fingerprint density at radius 2 is 1.95 bits per heavy atom. The van der Waals surface area contributed by atoms with Crippen molar-refractivity contribution in [2.45, 2.75) is 45.6 Å². The molecule has 4 heteroatoms. The number of carbonyl (C=O) groups is 1. The van der Waals surface area contributed by atoms with Gasteiger partial charge in [-0.2, -0.15) is 0 Å². The largest absolute Gasteiger partial charge is 0.478 e. The van der Waals surface area contributed by atoms with Crippen LogP contribution in [-0.2, 0) is 0 Å². The molecule has 0 aliphatic heterocycles. The molecule has 0 radical (unpaired) electrons. The number of hydrogen-bond acceptors (Lipinski definition) is 2. The van der Waals surface area contributed by atoms with Crippen molar-refractivity contribution in [2.75, 3.05) is 11.9 Å². The Labute approximate surface area is 119 Å². The summed E-state index contributed by atoms with van der Waals surface area (Å²) in [6, 6.07) is 4.74. The number of carboxylic acids is 1. The van der Waals surface area contributed by atoms with Crippen molar-refractivity contribution in [3.8, 4) is 0 Å². The van der Waals surface area contributed by atoms with Crippen molar-refractivity contribution in [1.82, 2.24) is 0 Å². The lowest BCUT2D eigenvalue weighted by Crippen LogP contribution is -2.38. The van der Waals surface area contributed by atoms with Crippen molar-refractivity contribution in [1.29, 1.82) is 0 Å². The summed E-state index contributed by atoms with van der Waals surface area (Å²) in [6.07, 6.45) is 4.25. The van der Waals surface area contributed by atoms with Gasteiger partial charge in [-0.05, 0) is 43.2 Å². The molecular formula is C16H22FNO2. The van der Waals surface area contributed by atoms with Gasteiger partial charge in [0.05, 0.1) is 5.69 Å². The van der Waals surface area contributed by atoms with Gasteiger partial charge in [-0.15, -0.1) is 0 Å². The average molecular weight is 279 g/mol. The third kappa shape index (κ3) is 2.94. The molecule has 0 atom stereocenters. The van der Waals surface area contributed by atoms with Gasteiger partial charge in [0.25, 0.3) is 0 Å².